The van der Waals surface area contributed by atoms with Crippen molar-refractivity contribution in [3.63, 3.8) is 0 Å². The van der Waals surface area contributed by atoms with Crippen LogP contribution in [0.2, 0.25) is 0 Å². The van der Waals surface area contributed by atoms with Gasteiger partial charge in [0.2, 0.25) is 0 Å². The molecule has 0 amide bonds. The number of anilines is 1. The number of rotatable bonds is 5. The van der Waals surface area contributed by atoms with Gasteiger partial charge in [-0.15, -0.1) is 10.2 Å². The largest absolute Gasteiger partial charge is 0.372 e. The first-order chi connectivity index (χ1) is 12.3. The number of nitrogens with zero attached hydrogens (tertiary/aromatic N) is 6. The lowest BCUT2D eigenvalue weighted by Crippen LogP contribution is -2.24. The van der Waals surface area contributed by atoms with Crippen LogP contribution in [0.15, 0.2) is 48.9 Å². The van der Waals surface area contributed by atoms with Crippen molar-refractivity contribution >= 4 is 5.82 Å². The van der Waals surface area contributed by atoms with Crippen molar-refractivity contribution < 1.29 is 4.74 Å². The zero-order valence-corrected chi connectivity index (χ0v) is 14.1. The van der Waals surface area contributed by atoms with Gasteiger partial charge in [-0.25, -0.2) is 4.68 Å². The highest BCUT2D eigenvalue weighted by Gasteiger charge is 2.24. The molecule has 128 valence electrons. The third-order valence-electron chi connectivity index (χ3n) is 4.30. The Hall–Kier alpha value is -2.80. The first-order valence-corrected chi connectivity index (χ1v) is 8.40. The molecule has 3 aromatic rings. The van der Waals surface area contributed by atoms with Crippen LogP contribution < -0.4 is 4.90 Å². The van der Waals surface area contributed by atoms with Gasteiger partial charge in [-0.2, -0.15) is 5.10 Å². The second kappa shape index (κ2) is 6.98. The lowest BCUT2D eigenvalue weighted by molar-refractivity contribution is 0.0553. The summed E-state index contributed by atoms with van der Waals surface area (Å²) >= 11 is 0. The van der Waals surface area contributed by atoms with Gasteiger partial charge in [-0.1, -0.05) is 0 Å². The quantitative estimate of drug-likeness (QED) is 0.711. The van der Waals surface area contributed by atoms with E-state index in [4.69, 9.17) is 4.74 Å². The van der Waals surface area contributed by atoms with E-state index >= 15 is 0 Å². The molecule has 0 aliphatic carbocycles. The molecular formula is C18H20N6O. The molecule has 3 aromatic heterocycles. The highest BCUT2D eigenvalue weighted by atomic mass is 16.5. The maximum Gasteiger partial charge on any atom is 0.175 e. The molecule has 0 saturated carbocycles. The summed E-state index contributed by atoms with van der Waals surface area (Å²) in [6, 6.07) is 9.84. The number of aryl methyl sites for hydroxylation is 1. The van der Waals surface area contributed by atoms with Gasteiger partial charge in [0.25, 0.3) is 0 Å². The summed E-state index contributed by atoms with van der Waals surface area (Å²) in [6.07, 6.45) is 6.67. The van der Waals surface area contributed by atoms with Gasteiger partial charge < -0.3 is 9.64 Å². The first kappa shape index (κ1) is 15.7. The second-order valence-electron chi connectivity index (χ2n) is 6.17. The van der Waals surface area contributed by atoms with Gasteiger partial charge in [0.1, 0.15) is 0 Å². The van der Waals surface area contributed by atoms with Crippen LogP contribution >= 0.6 is 0 Å². The minimum atomic E-state index is 0.211. The van der Waals surface area contributed by atoms with Crippen molar-refractivity contribution in [1.82, 2.24) is 25.0 Å². The van der Waals surface area contributed by atoms with E-state index in [9.17, 15) is 0 Å². The Labute approximate surface area is 146 Å². The number of hydrogen-bond donors (Lipinski definition) is 0. The van der Waals surface area contributed by atoms with E-state index in [1.807, 2.05) is 43.5 Å². The molecule has 0 radical (unpaired) electrons. The molecule has 7 heteroatoms. The Morgan fingerprint density at radius 1 is 1.08 bits per heavy atom. The maximum absolute atomic E-state index is 6.00. The average Bonchev–Trinajstić information content (AvgIpc) is 3.30. The van der Waals surface area contributed by atoms with E-state index in [-0.39, 0.29) is 6.10 Å². The van der Waals surface area contributed by atoms with Crippen molar-refractivity contribution in [2.24, 2.45) is 0 Å². The van der Waals surface area contributed by atoms with E-state index in [0.29, 0.717) is 6.61 Å². The third kappa shape index (κ3) is 3.66. The summed E-state index contributed by atoms with van der Waals surface area (Å²) in [5.74, 6) is 1.60. The lowest BCUT2D eigenvalue weighted by atomic mass is 10.3. The molecule has 1 unspecified atom stereocenters. The first-order valence-electron chi connectivity index (χ1n) is 8.40. The fraction of sp³-hybridized carbons (Fsp3) is 0.333. The highest BCUT2D eigenvalue weighted by Crippen LogP contribution is 2.20. The van der Waals surface area contributed by atoms with E-state index in [1.54, 1.807) is 17.1 Å². The summed E-state index contributed by atoms with van der Waals surface area (Å²) < 4.78 is 7.74. The summed E-state index contributed by atoms with van der Waals surface area (Å²) in [6.45, 7) is 4.33. The van der Waals surface area contributed by atoms with E-state index < -0.39 is 0 Å². The minimum absolute atomic E-state index is 0.211. The molecule has 4 rings (SSSR count). The third-order valence-corrected chi connectivity index (χ3v) is 4.30. The number of hydrogen-bond acceptors (Lipinski definition) is 6. The maximum atomic E-state index is 6.00. The number of ether oxygens (including phenoxy) is 1. The Balaban J connectivity index is 1.35. The summed E-state index contributed by atoms with van der Waals surface area (Å²) in [4.78, 5) is 6.23. The van der Waals surface area contributed by atoms with Gasteiger partial charge >= 0.3 is 0 Å². The Morgan fingerprint density at radius 2 is 1.88 bits per heavy atom. The number of pyridine rings is 1. The van der Waals surface area contributed by atoms with Crippen molar-refractivity contribution in [3.8, 4) is 5.82 Å². The van der Waals surface area contributed by atoms with Gasteiger partial charge in [-0.3, -0.25) is 4.98 Å². The molecule has 1 fully saturated rings. The topological polar surface area (TPSA) is 69.0 Å². The van der Waals surface area contributed by atoms with Crippen LogP contribution in [0.1, 0.15) is 17.7 Å². The predicted octanol–water partition coefficient (Wildman–Crippen LogP) is 2.16. The SMILES string of the molecule is Cc1ccn(-c2ccc(N3CCC(OCc4ccncc4)C3)nn2)n1. The zero-order valence-electron chi connectivity index (χ0n) is 14.1. The molecule has 0 spiro atoms. The molecule has 0 bridgehead atoms. The Kier molecular flexibility index (Phi) is 4.39. The van der Waals surface area contributed by atoms with Crippen LogP contribution in [0.5, 0.6) is 0 Å². The molecular weight excluding hydrogens is 316 g/mol. The van der Waals surface area contributed by atoms with E-state index in [0.717, 1.165) is 42.4 Å². The smallest absolute Gasteiger partial charge is 0.175 e. The molecule has 7 nitrogen and oxygen atoms in total. The van der Waals surface area contributed by atoms with Crippen LogP contribution in [0.4, 0.5) is 5.82 Å². The summed E-state index contributed by atoms with van der Waals surface area (Å²) in [5.41, 5.74) is 2.10. The highest BCUT2D eigenvalue weighted by molar-refractivity contribution is 5.41. The Bertz CT molecular complexity index is 817. The predicted molar refractivity (Wildman–Crippen MR) is 93.5 cm³/mol. The van der Waals surface area contributed by atoms with Crippen molar-refractivity contribution in [2.75, 3.05) is 18.0 Å². The van der Waals surface area contributed by atoms with Gasteiger partial charge in [0.05, 0.1) is 18.4 Å². The van der Waals surface area contributed by atoms with E-state index in [1.165, 1.54) is 0 Å². The normalized spacial score (nSPS) is 17.2. The van der Waals surface area contributed by atoms with Crippen LogP contribution in [0, 0.1) is 6.92 Å². The van der Waals surface area contributed by atoms with Crippen LogP contribution in [0.3, 0.4) is 0 Å². The number of aromatic nitrogens is 5. The van der Waals surface area contributed by atoms with Crippen molar-refractivity contribution in [1.29, 1.82) is 0 Å². The molecule has 25 heavy (non-hydrogen) atoms. The summed E-state index contributed by atoms with van der Waals surface area (Å²) in [7, 11) is 0. The molecule has 0 N–H and O–H groups in total. The molecule has 1 saturated heterocycles. The molecule has 1 aliphatic heterocycles. The van der Waals surface area contributed by atoms with Crippen LogP contribution in [-0.2, 0) is 11.3 Å². The zero-order chi connectivity index (χ0) is 17.1. The van der Waals surface area contributed by atoms with Crippen molar-refractivity contribution in [3.05, 3.63) is 60.2 Å². The fourth-order valence-electron chi connectivity index (χ4n) is 2.92. The molecule has 0 aromatic carbocycles. The van der Waals surface area contributed by atoms with Crippen LogP contribution in [0.25, 0.3) is 5.82 Å². The molecule has 1 atom stereocenters. The molecule has 1 aliphatic rings. The van der Waals surface area contributed by atoms with E-state index in [2.05, 4.69) is 25.2 Å². The van der Waals surface area contributed by atoms with Crippen LogP contribution in [-0.4, -0.2) is 44.2 Å². The fourth-order valence-corrected chi connectivity index (χ4v) is 2.92. The van der Waals surface area contributed by atoms with Gasteiger partial charge in [0.15, 0.2) is 11.6 Å². The lowest BCUT2D eigenvalue weighted by Gasteiger charge is -2.17. The Morgan fingerprint density at radius 3 is 2.60 bits per heavy atom. The van der Waals surface area contributed by atoms with Gasteiger partial charge in [0, 0.05) is 31.7 Å². The second-order valence-corrected chi connectivity index (χ2v) is 6.17. The van der Waals surface area contributed by atoms with Crippen molar-refractivity contribution in [2.45, 2.75) is 26.1 Å². The summed E-state index contributed by atoms with van der Waals surface area (Å²) in [5, 5.41) is 13.0. The monoisotopic (exact) mass is 336 g/mol. The van der Waals surface area contributed by atoms with Gasteiger partial charge in [-0.05, 0) is 49.2 Å². The molecule has 4 heterocycles. The average molecular weight is 336 g/mol. The standard InChI is InChI=1S/C18H20N6O/c1-14-6-11-24(22-14)18-3-2-17(20-21-18)23-10-7-16(12-23)25-13-15-4-8-19-9-5-15/h2-6,8-9,11,16H,7,10,12-13H2,1H3. The minimum Gasteiger partial charge on any atom is -0.372 e.